The van der Waals surface area contributed by atoms with E-state index in [2.05, 4.69) is 0 Å². The first kappa shape index (κ1) is 17.3. The highest BCUT2D eigenvalue weighted by atomic mass is 32.7. The molecule has 0 radical (unpaired) electrons. The zero-order chi connectivity index (χ0) is 15.8. The van der Waals surface area contributed by atoms with Gasteiger partial charge < -0.3 is 9.05 Å². The van der Waals surface area contributed by atoms with Gasteiger partial charge in [0.05, 0.1) is 18.5 Å². The molecule has 0 N–H and O–H groups in total. The van der Waals surface area contributed by atoms with E-state index in [1.165, 1.54) is 11.4 Å². The van der Waals surface area contributed by atoms with Crippen molar-refractivity contribution in [1.29, 1.82) is 0 Å². The predicted octanol–water partition coefficient (Wildman–Crippen LogP) is 5.69. The molecule has 0 saturated carbocycles. The van der Waals surface area contributed by atoms with E-state index in [0.29, 0.717) is 13.2 Å². The Labute approximate surface area is 136 Å². The standard InChI is InChI=1S/C17H21O3PS/c1-3-19-21(18,20-4-2)22-17(15-11-7-5-8-12-15)16-13-9-6-10-14-16/h5-14,17H,3-4H2,1-2H3. The van der Waals surface area contributed by atoms with Gasteiger partial charge in [-0.2, -0.15) is 0 Å². The lowest BCUT2D eigenvalue weighted by molar-refractivity contribution is 0.236. The van der Waals surface area contributed by atoms with Crippen LogP contribution in [-0.2, 0) is 13.6 Å². The van der Waals surface area contributed by atoms with Gasteiger partial charge in [-0.3, -0.25) is 0 Å². The smallest absolute Gasteiger partial charge is 0.301 e. The SMILES string of the molecule is CCOP(=O)(OCC)SC(c1ccccc1)c1ccccc1. The third kappa shape index (κ3) is 4.72. The fourth-order valence-corrected chi connectivity index (χ4v) is 6.26. The molecule has 0 aliphatic rings. The Hall–Kier alpha value is -1.06. The molecule has 0 fully saturated rings. The summed E-state index contributed by atoms with van der Waals surface area (Å²) in [6.45, 7) is 1.18. The summed E-state index contributed by atoms with van der Waals surface area (Å²) in [7, 11) is 0. The van der Waals surface area contributed by atoms with Crippen LogP contribution in [0.1, 0.15) is 30.2 Å². The zero-order valence-corrected chi connectivity index (χ0v) is 14.6. The Morgan fingerprint density at radius 2 is 1.27 bits per heavy atom. The molecule has 3 nitrogen and oxygen atoms in total. The van der Waals surface area contributed by atoms with Gasteiger partial charge in [-0.15, -0.1) is 0 Å². The summed E-state index contributed by atoms with van der Waals surface area (Å²) >= 11 is 1.26. The van der Waals surface area contributed by atoms with Gasteiger partial charge in [0.1, 0.15) is 0 Å². The van der Waals surface area contributed by atoms with Crippen LogP contribution in [0.3, 0.4) is 0 Å². The van der Waals surface area contributed by atoms with Gasteiger partial charge in [-0.25, -0.2) is 4.57 Å². The van der Waals surface area contributed by atoms with Crippen molar-refractivity contribution in [2.45, 2.75) is 19.1 Å². The van der Waals surface area contributed by atoms with E-state index in [1.807, 2.05) is 74.5 Å². The fourth-order valence-electron chi connectivity index (χ4n) is 2.11. The Morgan fingerprint density at radius 1 is 0.864 bits per heavy atom. The molecule has 2 aromatic carbocycles. The molecular formula is C17H21O3PS. The molecule has 118 valence electrons. The second kappa shape index (κ2) is 8.54. The van der Waals surface area contributed by atoms with Crippen LogP contribution in [0.15, 0.2) is 60.7 Å². The van der Waals surface area contributed by atoms with E-state index in [1.54, 1.807) is 0 Å². The van der Waals surface area contributed by atoms with Crippen LogP contribution in [0.4, 0.5) is 0 Å². The quantitative estimate of drug-likeness (QED) is 0.580. The predicted molar refractivity (Wildman–Crippen MR) is 93.2 cm³/mol. The molecule has 2 rings (SSSR count). The Bertz CT molecular complexity index is 554. The molecule has 5 heteroatoms. The van der Waals surface area contributed by atoms with Crippen LogP contribution in [-0.4, -0.2) is 13.2 Å². The second-order valence-corrected chi connectivity index (χ2v) is 8.66. The normalized spacial score (nSPS) is 11.8. The Morgan fingerprint density at radius 3 is 1.64 bits per heavy atom. The maximum Gasteiger partial charge on any atom is 0.390 e. The summed E-state index contributed by atoms with van der Waals surface area (Å²) in [5.41, 5.74) is 2.16. The number of hydrogen-bond acceptors (Lipinski definition) is 4. The maximum atomic E-state index is 12.9. The topological polar surface area (TPSA) is 35.5 Å². The van der Waals surface area contributed by atoms with E-state index < -0.39 is 6.80 Å². The monoisotopic (exact) mass is 336 g/mol. The summed E-state index contributed by atoms with van der Waals surface area (Å²) in [6.07, 6.45) is 0. The number of hydrogen-bond donors (Lipinski definition) is 0. The molecule has 0 aromatic heterocycles. The summed E-state index contributed by atoms with van der Waals surface area (Å²) < 4.78 is 23.8. The molecule has 2 aromatic rings. The van der Waals surface area contributed by atoms with E-state index in [0.717, 1.165) is 11.1 Å². The first-order valence-corrected chi connectivity index (χ1v) is 10.4. The first-order valence-electron chi connectivity index (χ1n) is 7.36. The van der Waals surface area contributed by atoms with Crippen LogP contribution in [0.5, 0.6) is 0 Å². The van der Waals surface area contributed by atoms with Crippen LogP contribution in [0.25, 0.3) is 0 Å². The van der Waals surface area contributed by atoms with Crippen LogP contribution in [0, 0.1) is 0 Å². The zero-order valence-electron chi connectivity index (χ0n) is 12.8. The van der Waals surface area contributed by atoms with E-state index in [-0.39, 0.29) is 5.25 Å². The summed E-state index contributed by atoms with van der Waals surface area (Å²) in [5.74, 6) is 0. The molecule has 0 spiro atoms. The van der Waals surface area contributed by atoms with E-state index >= 15 is 0 Å². The van der Waals surface area contributed by atoms with Crippen molar-refractivity contribution in [3.63, 3.8) is 0 Å². The largest absolute Gasteiger partial charge is 0.390 e. The van der Waals surface area contributed by atoms with Gasteiger partial charge in [-0.1, -0.05) is 60.7 Å². The van der Waals surface area contributed by atoms with Gasteiger partial charge in [0.2, 0.25) is 0 Å². The molecule has 0 unspecified atom stereocenters. The van der Waals surface area contributed by atoms with Gasteiger partial charge in [0.15, 0.2) is 0 Å². The molecule has 0 aliphatic heterocycles. The molecule has 0 saturated heterocycles. The maximum absolute atomic E-state index is 12.9. The van der Waals surface area contributed by atoms with E-state index in [9.17, 15) is 4.57 Å². The van der Waals surface area contributed by atoms with Gasteiger partial charge in [0, 0.05) is 0 Å². The summed E-state index contributed by atoms with van der Waals surface area (Å²) in [6, 6.07) is 20.0. The molecule has 0 atom stereocenters. The lowest BCUT2D eigenvalue weighted by Gasteiger charge is -2.23. The van der Waals surface area contributed by atoms with Gasteiger partial charge in [-0.05, 0) is 36.4 Å². The highest BCUT2D eigenvalue weighted by Gasteiger charge is 2.31. The van der Waals surface area contributed by atoms with Gasteiger partial charge in [0.25, 0.3) is 0 Å². The fraction of sp³-hybridized carbons (Fsp3) is 0.294. The van der Waals surface area contributed by atoms with Crippen LogP contribution < -0.4 is 0 Å². The third-order valence-electron chi connectivity index (χ3n) is 3.01. The van der Waals surface area contributed by atoms with Crippen molar-refractivity contribution in [3.8, 4) is 0 Å². The highest BCUT2D eigenvalue weighted by molar-refractivity contribution is 8.55. The number of rotatable bonds is 8. The van der Waals surface area contributed by atoms with Crippen LogP contribution >= 0.6 is 18.2 Å². The van der Waals surface area contributed by atoms with Crippen molar-refractivity contribution in [2.24, 2.45) is 0 Å². The molecule has 0 amide bonds. The lowest BCUT2D eigenvalue weighted by atomic mass is 10.0. The minimum absolute atomic E-state index is 0.0914. The average Bonchev–Trinajstić information content (AvgIpc) is 2.55. The van der Waals surface area contributed by atoms with Crippen molar-refractivity contribution < 1.29 is 13.6 Å². The molecule has 0 aliphatic carbocycles. The van der Waals surface area contributed by atoms with E-state index in [4.69, 9.17) is 9.05 Å². The average molecular weight is 336 g/mol. The third-order valence-corrected chi connectivity index (χ3v) is 7.22. The minimum atomic E-state index is -3.19. The molecule has 22 heavy (non-hydrogen) atoms. The Balaban J connectivity index is 2.35. The van der Waals surface area contributed by atoms with Crippen molar-refractivity contribution in [2.75, 3.05) is 13.2 Å². The molecule has 0 bridgehead atoms. The molecular weight excluding hydrogens is 315 g/mol. The van der Waals surface area contributed by atoms with Crippen molar-refractivity contribution >= 4 is 18.2 Å². The van der Waals surface area contributed by atoms with Crippen molar-refractivity contribution in [1.82, 2.24) is 0 Å². The number of benzene rings is 2. The lowest BCUT2D eigenvalue weighted by Crippen LogP contribution is -2.00. The second-order valence-electron chi connectivity index (χ2n) is 4.59. The van der Waals surface area contributed by atoms with Crippen LogP contribution in [0.2, 0.25) is 0 Å². The van der Waals surface area contributed by atoms with Gasteiger partial charge >= 0.3 is 6.80 Å². The summed E-state index contributed by atoms with van der Waals surface area (Å²) in [4.78, 5) is 0. The Kier molecular flexibility index (Phi) is 6.71. The summed E-state index contributed by atoms with van der Waals surface area (Å²) in [5, 5.41) is -0.0914. The minimum Gasteiger partial charge on any atom is -0.301 e. The highest BCUT2D eigenvalue weighted by Crippen LogP contribution is 2.66. The first-order chi connectivity index (χ1) is 10.7. The molecule has 0 heterocycles. The van der Waals surface area contributed by atoms with Crippen molar-refractivity contribution in [3.05, 3.63) is 71.8 Å².